The van der Waals surface area contributed by atoms with Crippen LogP contribution >= 0.6 is 11.6 Å². The Kier molecular flexibility index (Phi) is 3.84. The highest BCUT2D eigenvalue weighted by Crippen LogP contribution is 2.19. The third-order valence-corrected chi connectivity index (χ3v) is 3.03. The lowest BCUT2D eigenvalue weighted by atomic mass is 10.2. The molecule has 0 heterocycles. The lowest BCUT2D eigenvalue weighted by molar-refractivity contribution is 0.248. The van der Waals surface area contributed by atoms with Crippen molar-refractivity contribution in [3.8, 4) is 0 Å². The molecule has 17 heavy (non-hydrogen) atoms. The van der Waals surface area contributed by atoms with E-state index in [2.05, 4.69) is 10.6 Å². The van der Waals surface area contributed by atoms with Crippen LogP contribution in [0.5, 0.6) is 0 Å². The average molecular weight is 257 g/mol. The van der Waals surface area contributed by atoms with Gasteiger partial charge in [0.1, 0.15) is 5.82 Å². The number of nitrogens with one attached hydrogen (secondary N) is 2. The molecule has 2 rings (SSSR count). The van der Waals surface area contributed by atoms with E-state index in [0.29, 0.717) is 5.69 Å². The largest absolute Gasteiger partial charge is 0.335 e. The molecule has 1 saturated carbocycles. The zero-order chi connectivity index (χ0) is 12.3. The van der Waals surface area contributed by atoms with Crippen LogP contribution in [-0.4, -0.2) is 12.1 Å². The van der Waals surface area contributed by atoms with Crippen LogP contribution in [0.2, 0.25) is 5.02 Å². The predicted molar refractivity (Wildman–Crippen MR) is 65.8 cm³/mol. The van der Waals surface area contributed by atoms with E-state index in [0.717, 1.165) is 25.7 Å². The summed E-state index contributed by atoms with van der Waals surface area (Å²) in [6, 6.07) is 3.87. The summed E-state index contributed by atoms with van der Waals surface area (Å²) in [4.78, 5) is 11.6. The van der Waals surface area contributed by atoms with Crippen molar-refractivity contribution >= 4 is 23.3 Å². The van der Waals surface area contributed by atoms with E-state index in [1.54, 1.807) is 0 Å². The first-order chi connectivity index (χ1) is 8.13. The summed E-state index contributed by atoms with van der Waals surface area (Å²) >= 11 is 5.69. The van der Waals surface area contributed by atoms with Gasteiger partial charge in [0.15, 0.2) is 0 Å². The molecule has 0 unspecified atom stereocenters. The van der Waals surface area contributed by atoms with Crippen LogP contribution < -0.4 is 10.6 Å². The summed E-state index contributed by atoms with van der Waals surface area (Å²) < 4.78 is 13.0. The highest BCUT2D eigenvalue weighted by atomic mass is 35.5. The Labute approximate surface area is 104 Å². The first-order valence-corrected chi connectivity index (χ1v) is 6.05. The summed E-state index contributed by atoms with van der Waals surface area (Å²) in [5.74, 6) is -0.464. The standard InChI is InChI=1S/C12H14ClFN2O/c13-8-5-9(14)7-11(6-8)16-12(17)15-10-3-1-2-4-10/h5-7,10H,1-4H2,(H2,15,16,17). The lowest BCUT2D eigenvalue weighted by Crippen LogP contribution is -2.36. The molecule has 0 saturated heterocycles. The second-order valence-corrected chi connectivity index (χ2v) is 4.67. The number of rotatable bonds is 2. The molecule has 0 spiro atoms. The van der Waals surface area contributed by atoms with Gasteiger partial charge < -0.3 is 10.6 Å². The van der Waals surface area contributed by atoms with Crippen LogP contribution in [-0.2, 0) is 0 Å². The van der Waals surface area contributed by atoms with Crippen LogP contribution in [0.15, 0.2) is 18.2 Å². The molecule has 0 aromatic heterocycles. The number of halogens is 2. The molecule has 92 valence electrons. The van der Waals surface area contributed by atoms with Gasteiger partial charge in [0, 0.05) is 16.8 Å². The average Bonchev–Trinajstić information content (AvgIpc) is 2.67. The van der Waals surface area contributed by atoms with E-state index < -0.39 is 5.82 Å². The molecule has 2 N–H and O–H groups in total. The molecule has 1 aliphatic rings. The van der Waals surface area contributed by atoms with E-state index in [-0.39, 0.29) is 17.1 Å². The van der Waals surface area contributed by atoms with Crippen molar-refractivity contribution in [1.82, 2.24) is 5.32 Å². The minimum absolute atomic E-state index is 0.235. The van der Waals surface area contributed by atoms with Gasteiger partial charge in [0.05, 0.1) is 0 Å². The highest BCUT2D eigenvalue weighted by molar-refractivity contribution is 6.30. The molecular weight excluding hydrogens is 243 g/mol. The minimum atomic E-state index is -0.464. The quantitative estimate of drug-likeness (QED) is 0.835. The Balaban J connectivity index is 1.92. The third kappa shape index (κ3) is 3.60. The molecule has 0 radical (unpaired) electrons. The number of benzene rings is 1. The van der Waals surface area contributed by atoms with Crippen molar-refractivity contribution in [3.05, 3.63) is 29.0 Å². The number of carbonyl (C=O) groups is 1. The minimum Gasteiger partial charge on any atom is -0.335 e. The van der Waals surface area contributed by atoms with Crippen LogP contribution in [0, 0.1) is 5.82 Å². The second-order valence-electron chi connectivity index (χ2n) is 4.24. The maximum atomic E-state index is 13.0. The molecule has 5 heteroatoms. The van der Waals surface area contributed by atoms with Crippen molar-refractivity contribution < 1.29 is 9.18 Å². The molecule has 0 bridgehead atoms. The van der Waals surface area contributed by atoms with E-state index in [9.17, 15) is 9.18 Å². The first-order valence-electron chi connectivity index (χ1n) is 5.67. The molecular formula is C12H14ClFN2O. The van der Waals surface area contributed by atoms with Gasteiger partial charge in [-0.05, 0) is 31.0 Å². The van der Waals surface area contributed by atoms with Crippen LogP contribution in [0.4, 0.5) is 14.9 Å². The molecule has 1 aromatic carbocycles. The Bertz CT molecular complexity index is 399. The van der Waals surface area contributed by atoms with Gasteiger partial charge >= 0.3 is 6.03 Å². The van der Waals surface area contributed by atoms with Gasteiger partial charge in [-0.15, -0.1) is 0 Å². The monoisotopic (exact) mass is 256 g/mol. The maximum Gasteiger partial charge on any atom is 0.319 e. The highest BCUT2D eigenvalue weighted by Gasteiger charge is 2.17. The third-order valence-electron chi connectivity index (χ3n) is 2.81. The molecule has 3 nitrogen and oxygen atoms in total. The fraction of sp³-hybridized carbons (Fsp3) is 0.417. The Morgan fingerprint density at radius 1 is 1.29 bits per heavy atom. The van der Waals surface area contributed by atoms with E-state index in [1.165, 1.54) is 18.2 Å². The van der Waals surface area contributed by atoms with Crippen molar-refractivity contribution in [2.45, 2.75) is 31.7 Å². The molecule has 2 amide bonds. The zero-order valence-electron chi connectivity index (χ0n) is 9.30. The molecule has 0 aliphatic heterocycles. The number of carbonyl (C=O) groups excluding carboxylic acids is 1. The Hall–Kier alpha value is -1.29. The second kappa shape index (κ2) is 5.36. The zero-order valence-corrected chi connectivity index (χ0v) is 10.1. The van der Waals surface area contributed by atoms with Gasteiger partial charge in [0.2, 0.25) is 0 Å². The summed E-state index contributed by atoms with van der Waals surface area (Å²) in [5, 5.41) is 5.69. The predicted octanol–water partition coefficient (Wildman–Crippen LogP) is 3.54. The summed E-state index contributed by atoms with van der Waals surface area (Å²) in [5.41, 5.74) is 0.366. The van der Waals surface area contributed by atoms with Crippen molar-refractivity contribution in [1.29, 1.82) is 0 Å². The van der Waals surface area contributed by atoms with Crippen molar-refractivity contribution in [2.24, 2.45) is 0 Å². The van der Waals surface area contributed by atoms with Gasteiger partial charge in [-0.25, -0.2) is 9.18 Å². The van der Waals surface area contributed by atoms with E-state index in [1.807, 2.05) is 0 Å². The van der Waals surface area contributed by atoms with Crippen LogP contribution in [0.25, 0.3) is 0 Å². The molecule has 1 fully saturated rings. The van der Waals surface area contributed by atoms with Gasteiger partial charge in [-0.1, -0.05) is 24.4 Å². The number of urea groups is 1. The molecule has 1 aliphatic carbocycles. The number of hydrogen-bond acceptors (Lipinski definition) is 1. The lowest BCUT2D eigenvalue weighted by Gasteiger charge is -2.13. The summed E-state index contributed by atoms with van der Waals surface area (Å²) in [6.07, 6.45) is 4.32. The number of anilines is 1. The number of amides is 2. The van der Waals surface area contributed by atoms with E-state index >= 15 is 0 Å². The topological polar surface area (TPSA) is 41.1 Å². The summed E-state index contributed by atoms with van der Waals surface area (Å²) in [6.45, 7) is 0. The van der Waals surface area contributed by atoms with Gasteiger partial charge in [-0.3, -0.25) is 0 Å². The fourth-order valence-electron chi connectivity index (χ4n) is 2.05. The number of hydrogen-bond donors (Lipinski definition) is 2. The van der Waals surface area contributed by atoms with Crippen LogP contribution in [0.3, 0.4) is 0 Å². The Morgan fingerprint density at radius 2 is 2.00 bits per heavy atom. The maximum absolute atomic E-state index is 13.0. The molecule has 1 aromatic rings. The summed E-state index contributed by atoms with van der Waals surface area (Å²) in [7, 11) is 0. The smallest absolute Gasteiger partial charge is 0.319 e. The van der Waals surface area contributed by atoms with E-state index in [4.69, 9.17) is 11.6 Å². The Morgan fingerprint density at radius 3 is 2.65 bits per heavy atom. The normalized spacial score (nSPS) is 15.9. The van der Waals surface area contributed by atoms with Crippen molar-refractivity contribution in [3.63, 3.8) is 0 Å². The fourth-order valence-corrected chi connectivity index (χ4v) is 2.27. The van der Waals surface area contributed by atoms with Gasteiger partial charge in [-0.2, -0.15) is 0 Å². The van der Waals surface area contributed by atoms with Crippen LogP contribution in [0.1, 0.15) is 25.7 Å². The molecule has 0 atom stereocenters. The van der Waals surface area contributed by atoms with Crippen molar-refractivity contribution in [2.75, 3.05) is 5.32 Å². The first kappa shape index (κ1) is 12.2. The van der Waals surface area contributed by atoms with Gasteiger partial charge in [0.25, 0.3) is 0 Å². The SMILES string of the molecule is O=C(Nc1cc(F)cc(Cl)c1)NC1CCCC1.